The van der Waals surface area contributed by atoms with Crippen LogP contribution in [0.25, 0.3) is 0 Å². The number of hydrogen-bond donors (Lipinski definition) is 3. The molecular weight excluding hydrogens is 594 g/mol. The van der Waals surface area contributed by atoms with Crippen LogP contribution in [0.15, 0.2) is 60.7 Å². The van der Waals surface area contributed by atoms with E-state index in [9.17, 15) is 19.2 Å². The predicted octanol–water partition coefficient (Wildman–Crippen LogP) is 5.11. The third kappa shape index (κ3) is 7.82. The van der Waals surface area contributed by atoms with E-state index < -0.39 is 0 Å². The summed E-state index contributed by atoms with van der Waals surface area (Å²) in [6, 6.07) is 18.5. The zero-order valence-corrected chi connectivity index (χ0v) is 27.1. The molecule has 0 aromatic heterocycles. The number of benzene rings is 3. The van der Waals surface area contributed by atoms with Gasteiger partial charge in [-0.1, -0.05) is 32.0 Å². The van der Waals surface area contributed by atoms with Crippen LogP contribution in [-0.4, -0.2) is 59.2 Å². The standard InChI is InChI=1S/C37H43N5O5/c1-37(2,15-3-16-38)20-34(44)41-17-14-26-18-29(10-8-28(26)22-41)39-35(45)25-6-4-24(5-7-25)21-42(30-11-12-30)36(46)27-9-13-31-32(19-27)47-23-33(43)40-31/h4-10,13,18-19,30H,3,11-12,14-17,20-23,38H2,1-2H3,(H,39,45)(H,40,43). The maximum Gasteiger partial charge on any atom is 0.262 e. The van der Waals surface area contributed by atoms with Crippen molar-refractivity contribution in [2.75, 3.05) is 30.3 Å². The van der Waals surface area contributed by atoms with Crippen molar-refractivity contribution < 1.29 is 23.9 Å². The van der Waals surface area contributed by atoms with Gasteiger partial charge in [0.25, 0.3) is 17.7 Å². The van der Waals surface area contributed by atoms with Crippen molar-refractivity contribution >= 4 is 35.0 Å². The van der Waals surface area contributed by atoms with Gasteiger partial charge < -0.3 is 30.9 Å². The van der Waals surface area contributed by atoms with Crippen molar-refractivity contribution in [1.29, 1.82) is 0 Å². The highest BCUT2D eigenvalue weighted by molar-refractivity contribution is 6.04. The number of fused-ring (bicyclic) bond motifs is 2. The van der Waals surface area contributed by atoms with E-state index in [0.29, 0.717) is 55.2 Å². The van der Waals surface area contributed by atoms with Crippen LogP contribution in [0.4, 0.5) is 11.4 Å². The van der Waals surface area contributed by atoms with Crippen molar-refractivity contribution in [3.63, 3.8) is 0 Å². The molecule has 246 valence electrons. The summed E-state index contributed by atoms with van der Waals surface area (Å²) in [5, 5.41) is 5.77. The van der Waals surface area contributed by atoms with Crippen LogP contribution in [0.5, 0.6) is 5.75 Å². The summed E-state index contributed by atoms with van der Waals surface area (Å²) in [7, 11) is 0. The highest BCUT2D eigenvalue weighted by Gasteiger charge is 2.34. The molecule has 3 aromatic rings. The molecule has 0 atom stereocenters. The number of ether oxygens (including phenoxy) is 1. The van der Waals surface area contributed by atoms with Crippen LogP contribution in [0, 0.1) is 5.41 Å². The van der Waals surface area contributed by atoms with Crippen molar-refractivity contribution in [3.05, 3.63) is 88.5 Å². The lowest BCUT2D eigenvalue weighted by molar-refractivity contribution is -0.134. The van der Waals surface area contributed by atoms with E-state index >= 15 is 0 Å². The molecule has 2 aliphatic heterocycles. The molecule has 3 aliphatic rings. The van der Waals surface area contributed by atoms with E-state index in [2.05, 4.69) is 24.5 Å². The van der Waals surface area contributed by atoms with Gasteiger partial charge in [0.1, 0.15) is 5.75 Å². The Kier molecular flexibility index (Phi) is 9.31. The van der Waals surface area contributed by atoms with Crippen LogP contribution in [-0.2, 0) is 29.1 Å². The minimum absolute atomic E-state index is 0.0699. The second-order valence-corrected chi connectivity index (χ2v) is 13.6. The molecule has 4 amide bonds. The fraction of sp³-hybridized carbons (Fsp3) is 0.405. The van der Waals surface area contributed by atoms with Crippen LogP contribution in [0.3, 0.4) is 0 Å². The van der Waals surface area contributed by atoms with Gasteiger partial charge in [-0.15, -0.1) is 0 Å². The minimum Gasteiger partial charge on any atom is -0.482 e. The quantitative estimate of drug-likeness (QED) is 0.268. The molecule has 1 fully saturated rings. The molecule has 10 nitrogen and oxygen atoms in total. The average Bonchev–Trinajstić information content (AvgIpc) is 3.91. The molecule has 0 radical (unpaired) electrons. The number of rotatable bonds is 11. The normalized spacial score (nSPS) is 15.6. The molecule has 0 unspecified atom stereocenters. The summed E-state index contributed by atoms with van der Waals surface area (Å²) >= 11 is 0. The average molecular weight is 638 g/mol. The van der Waals surface area contributed by atoms with E-state index in [0.717, 1.165) is 54.5 Å². The number of anilines is 2. The third-order valence-electron chi connectivity index (χ3n) is 9.20. The summed E-state index contributed by atoms with van der Waals surface area (Å²) in [5.74, 6) is 0.148. The van der Waals surface area contributed by atoms with Gasteiger partial charge in [-0.2, -0.15) is 0 Å². The number of amides is 4. The minimum atomic E-state index is -0.216. The highest BCUT2D eigenvalue weighted by Crippen LogP contribution is 2.34. The van der Waals surface area contributed by atoms with Crippen molar-refractivity contribution in [2.24, 2.45) is 11.1 Å². The smallest absolute Gasteiger partial charge is 0.262 e. The highest BCUT2D eigenvalue weighted by atomic mass is 16.5. The number of nitrogens with one attached hydrogen (secondary N) is 2. The predicted molar refractivity (Wildman–Crippen MR) is 180 cm³/mol. The number of carbonyl (C=O) groups is 4. The molecule has 6 rings (SSSR count). The summed E-state index contributed by atoms with van der Waals surface area (Å²) in [6.45, 7) is 6.49. The lowest BCUT2D eigenvalue weighted by Crippen LogP contribution is -2.38. The lowest BCUT2D eigenvalue weighted by Gasteiger charge is -2.32. The maximum absolute atomic E-state index is 13.5. The first kappa shape index (κ1) is 32.2. The van der Waals surface area contributed by atoms with Gasteiger partial charge in [-0.3, -0.25) is 19.2 Å². The third-order valence-corrected chi connectivity index (χ3v) is 9.20. The second kappa shape index (κ2) is 13.6. The van der Waals surface area contributed by atoms with Crippen LogP contribution < -0.4 is 21.1 Å². The molecule has 0 bridgehead atoms. The van der Waals surface area contributed by atoms with E-state index in [-0.39, 0.29) is 41.7 Å². The van der Waals surface area contributed by atoms with Gasteiger partial charge >= 0.3 is 0 Å². The molecule has 47 heavy (non-hydrogen) atoms. The van der Waals surface area contributed by atoms with Gasteiger partial charge in [0, 0.05) is 48.9 Å². The first-order chi connectivity index (χ1) is 22.6. The van der Waals surface area contributed by atoms with Crippen molar-refractivity contribution in [2.45, 2.75) is 71.5 Å². The monoisotopic (exact) mass is 637 g/mol. The molecule has 0 spiro atoms. The van der Waals surface area contributed by atoms with Crippen LogP contribution >= 0.6 is 0 Å². The van der Waals surface area contributed by atoms with E-state index in [4.69, 9.17) is 10.5 Å². The number of nitrogens with zero attached hydrogens (tertiary/aromatic N) is 2. The van der Waals surface area contributed by atoms with Gasteiger partial charge in [0.05, 0.1) is 5.69 Å². The van der Waals surface area contributed by atoms with Crippen molar-refractivity contribution in [3.8, 4) is 5.75 Å². The summed E-state index contributed by atoms with van der Waals surface area (Å²) in [5.41, 5.74) is 11.1. The lowest BCUT2D eigenvalue weighted by atomic mass is 9.83. The number of hydrogen-bond acceptors (Lipinski definition) is 6. The Bertz CT molecular complexity index is 1680. The van der Waals surface area contributed by atoms with Crippen LogP contribution in [0.1, 0.15) is 83.4 Å². The van der Waals surface area contributed by atoms with E-state index in [1.165, 1.54) is 0 Å². The largest absolute Gasteiger partial charge is 0.482 e. The molecule has 1 saturated carbocycles. The maximum atomic E-state index is 13.5. The first-order valence-corrected chi connectivity index (χ1v) is 16.5. The number of carbonyl (C=O) groups excluding carboxylic acids is 4. The van der Waals surface area contributed by atoms with Gasteiger partial charge in [0.2, 0.25) is 5.91 Å². The Morgan fingerprint density at radius 1 is 1.02 bits per heavy atom. The summed E-state index contributed by atoms with van der Waals surface area (Å²) in [6.07, 6.45) is 5.00. The molecule has 0 saturated heterocycles. The molecule has 10 heteroatoms. The SMILES string of the molecule is CC(C)(CCCN)CC(=O)N1CCc2cc(NC(=O)c3ccc(CN(C(=O)c4ccc5c(c4)OCC(=O)N5)C4CC4)cc3)ccc2C1. The Morgan fingerprint density at radius 2 is 1.79 bits per heavy atom. The topological polar surface area (TPSA) is 134 Å². The fourth-order valence-corrected chi connectivity index (χ4v) is 6.32. The van der Waals surface area contributed by atoms with E-state index in [1.54, 1.807) is 30.3 Å². The molecule has 4 N–H and O–H groups in total. The van der Waals surface area contributed by atoms with Gasteiger partial charge in [-0.25, -0.2) is 0 Å². The van der Waals surface area contributed by atoms with E-state index in [1.807, 2.05) is 40.1 Å². The summed E-state index contributed by atoms with van der Waals surface area (Å²) in [4.78, 5) is 55.1. The zero-order chi connectivity index (χ0) is 33.1. The number of nitrogens with two attached hydrogens (primary N) is 1. The fourth-order valence-electron chi connectivity index (χ4n) is 6.32. The zero-order valence-electron chi connectivity index (χ0n) is 27.1. The molecule has 2 heterocycles. The van der Waals surface area contributed by atoms with Crippen LogP contribution in [0.2, 0.25) is 0 Å². The Balaban J connectivity index is 1.05. The Hall–Kier alpha value is -4.70. The van der Waals surface area contributed by atoms with Crippen molar-refractivity contribution in [1.82, 2.24) is 9.80 Å². The van der Waals surface area contributed by atoms with Gasteiger partial charge in [-0.05, 0) is 103 Å². The second-order valence-electron chi connectivity index (χ2n) is 13.6. The summed E-state index contributed by atoms with van der Waals surface area (Å²) < 4.78 is 5.51. The molecule has 1 aliphatic carbocycles. The Morgan fingerprint density at radius 3 is 2.53 bits per heavy atom. The molecule has 3 aromatic carbocycles. The van der Waals surface area contributed by atoms with Gasteiger partial charge in [0.15, 0.2) is 6.61 Å². The molecular formula is C37H43N5O5. The Labute approximate surface area is 275 Å². The first-order valence-electron chi connectivity index (χ1n) is 16.5.